The number of Topliss-reactive ketones (excluding diaryl/α,β-unsaturated/α-hetero) is 1. The SMILES string of the molecule is CCC1CCN(c2ncccc2C(C)=O)C1. The Kier molecular flexibility index (Phi) is 3.22. The van der Waals surface area contributed by atoms with Crippen LogP contribution in [0.2, 0.25) is 0 Å². The number of hydrogen-bond donors (Lipinski definition) is 0. The third-order valence-electron chi connectivity index (χ3n) is 3.33. The van der Waals surface area contributed by atoms with E-state index in [0.717, 1.165) is 30.4 Å². The van der Waals surface area contributed by atoms with Crippen molar-refractivity contribution in [2.45, 2.75) is 26.7 Å². The topological polar surface area (TPSA) is 33.2 Å². The summed E-state index contributed by atoms with van der Waals surface area (Å²) in [5.74, 6) is 1.72. The van der Waals surface area contributed by atoms with E-state index in [1.165, 1.54) is 12.8 Å². The van der Waals surface area contributed by atoms with Crippen molar-refractivity contribution >= 4 is 11.6 Å². The number of carbonyl (C=O) groups is 1. The van der Waals surface area contributed by atoms with Gasteiger partial charge in [0.1, 0.15) is 5.82 Å². The van der Waals surface area contributed by atoms with Gasteiger partial charge in [-0.25, -0.2) is 4.98 Å². The number of aromatic nitrogens is 1. The fourth-order valence-corrected chi connectivity index (χ4v) is 2.28. The Morgan fingerprint density at radius 1 is 1.62 bits per heavy atom. The van der Waals surface area contributed by atoms with Gasteiger partial charge in [0.15, 0.2) is 5.78 Å². The minimum absolute atomic E-state index is 0.100. The molecule has 0 aromatic carbocycles. The molecular formula is C13H18N2O. The van der Waals surface area contributed by atoms with E-state index in [1.807, 2.05) is 12.1 Å². The van der Waals surface area contributed by atoms with E-state index in [9.17, 15) is 4.79 Å². The molecule has 1 aliphatic rings. The molecule has 1 unspecified atom stereocenters. The second kappa shape index (κ2) is 4.64. The summed E-state index contributed by atoms with van der Waals surface area (Å²) in [5.41, 5.74) is 0.749. The first-order valence-electron chi connectivity index (χ1n) is 5.93. The van der Waals surface area contributed by atoms with Gasteiger partial charge in [-0.3, -0.25) is 4.79 Å². The van der Waals surface area contributed by atoms with Crippen LogP contribution in [-0.2, 0) is 0 Å². The molecule has 16 heavy (non-hydrogen) atoms. The second-order valence-electron chi connectivity index (χ2n) is 4.44. The van der Waals surface area contributed by atoms with Crippen LogP contribution in [0.5, 0.6) is 0 Å². The molecule has 1 saturated heterocycles. The monoisotopic (exact) mass is 218 g/mol. The summed E-state index contributed by atoms with van der Waals surface area (Å²) in [6.07, 6.45) is 4.18. The molecule has 1 fully saturated rings. The average molecular weight is 218 g/mol. The molecule has 2 rings (SSSR count). The maximum absolute atomic E-state index is 11.5. The van der Waals surface area contributed by atoms with Crippen LogP contribution in [0.4, 0.5) is 5.82 Å². The van der Waals surface area contributed by atoms with Crippen LogP contribution >= 0.6 is 0 Å². The van der Waals surface area contributed by atoms with Crippen molar-refractivity contribution in [3.63, 3.8) is 0 Å². The lowest BCUT2D eigenvalue weighted by molar-refractivity contribution is 0.101. The zero-order valence-electron chi connectivity index (χ0n) is 9.94. The predicted molar refractivity (Wildman–Crippen MR) is 64.9 cm³/mol. The zero-order chi connectivity index (χ0) is 11.5. The Balaban J connectivity index is 2.24. The van der Waals surface area contributed by atoms with Crippen molar-refractivity contribution in [3.05, 3.63) is 23.9 Å². The molecule has 1 atom stereocenters. The third-order valence-corrected chi connectivity index (χ3v) is 3.33. The largest absolute Gasteiger partial charge is 0.356 e. The molecule has 3 heteroatoms. The van der Waals surface area contributed by atoms with Gasteiger partial charge in [0, 0.05) is 19.3 Å². The molecule has 86 valence electrons. The summed E-state index contributed by atoms with van der Waals surface area (Å²) in [4.78, 5) is 18.1. The van der Waals surface area contributed by atoms with Crippen LogP contribution in [0.1, 0.15) is 37.0 Å². The number of rotatable bonds is 3. The molecular weight excluding hydrogens is 200 g/mol. The molecule has 0 N–H and O–H groups in total. The Morgan fingerprint density at radius 2 is 2.44 bits per heavy atom. The molecule has 0 amide bonds. The van der Waals surface area contributed by atoms with Crippen LogP contribution in [0.15, 0.2) is 18.3 Å². The second-order valence-corrected chi connectivity index (χ2v) is 4.44. The van der Waals surface area contributed by atoms with Gasteiger partial charge in [0.25, 0.3) is 0 Å². The van der Waals surface area contributed by atoms with Gasteiger partial charge in [0.2, 0.25) is 0 Å². The summed E-state index contributed by atoms with van der Waals surface area (Å²) in [5, 5.41) is 0. The van der Waals surface area contributed by atoms with E-state index < -0.39 is 0 Å². The lowest BCUT2D eigenvalue weighted by Crippen LogP contribution is -2.22. The molecule has 3 nitrogen and oxygen atoms in total. The van der Waals surface area contributed by atoms with Gasteiger partial charge < -0.3 is 4.90 Å². The van der Waals surface area contributed by atoms with Crippen molar-refractivity contribution in [1.29, 1.82) is 0 Å². The maximum Gasteiger partial charge on any atom is 0.163 e. The van der Waals surface area contributed by atoms with Crippen LogP contribution in [-0.4, -0.2) is 23.9 Å². The van der Waals surface area contributed by atoms with Gasteiger partial charge in [0.05, 0.1) is 5.56 Å². The number of anilines is 1. The highest BCUT2D eigenvalue weighted by Crippen LogP contribution is 2.26. The molecule has 0 radical (unpaired) electrons. The van der Waals surface area contributed by atoms with E-state index >= 15 is 0 Å². The smallest absolute Gasteiger partial charge is 0.163 e. The van der Waals surface area contributed by atoms with Crippen LogP contribution in [0.3, 0.4) is 0 Å². The van der Waals surface area contributed by atoms with Crippen LogP contribution in [0.25, 0.3) is 0 Å². The first-order valence-corrected chi connectivity index (χ1v) is 5.93. The molecule has 0 bridgehead atoms. The molecule has 1 aromatic rings. The normalized spacial score (nSPS) is 20.1. The molecule has 0 aliphatic carbocycles. The lowest BCUT2D eigenvalue weighted by atomic mass is 10.1. The van der Waals surface area contributed by atoms with E-state index in [1.54, 1.807) is 13.1 Å². The molecule has 1 aromatic heterocycles. The van der Waals surface area contributed by atoms with Crippen LogP contribution < -0.4 is 4.90 Å². The van der Waals surface area contributed by atoms with Crippen molar-refractivity contribution in [3.8, 4) is 0 Å². The van der Waals surface area contributed by atoms with Gasteiger partial charge in [-0.15, -0.1) is 0 Å². The number of ketones is 1. The lowest BCUT2D eigenvalue weighted by Gasteiger charge is -2.19. The van der Waals surface area contributed by atoms with E-state index in [4.69, 9.17) is 0 Å². The Bertz CT molecular complexity index is 389. The Morgan fingerprint density at radius 3 is 3.06 bits per heavy atom. The minimum atomic E-state index is 0.100. The summed E-state index contributed by atoms with van der Waals surface area (Å²) >= 11 is 0. The van der Waals surface area contributed by atoms with Crippen molar-refractivity contribution < 1.29 is 4.79 Å². The van der Waals surface area contributed by atoms with Gasteiger partial charge in [-0.05, 0) is 31.4 Å². The number of hydrogen-bond acceptors (Lipinski definition) is 3. The molecule has 0 spiro atoms. The highest BCUT2D eigenvalue weighted by atomic mass is 16.1. The Hall–Kier alpha value is -1.38. The van der Waals surface area contributed by atoms with Gasteiger partial charge in [-0.1, -0.05) is 13.3 Å². The van der Waals surface area contributed by atoms with E-state index in [0.29, 0.717) is 0 Å². The van der Waals surface area contributed by atoms with Crippen LogP contribution in [0, 0.1) is 5.92 Å². The van der Waals surface area contributed by atoms with Gasteiger partial charge in [-0.2, -0.15) is 0 Å². The molecule has 1 aliphatic heterocycles. The number of nitrogens with zero attached hydrogens (tertiary/aromatic N) is 2. The number of pyridine rings is 1. The zero-order valence-corrected chi connectivity index (χ0v) is 9.94. The summed E-state index contributed by atoms with van der Waals surface area (Å²) < 4.78 is 0. The fourth-order valence-electron chi connectivity index (χ4n) is 2.28. The summed E-state index contributed by atoms with van der Waals surface area (Å²) in [7, 11) is 0. The fraction of sp³-hybridized carbons (Fsp3) is 0.538. The summed E-state index contributed by atoms with van der Waals surface area (Å²) in [6.45, 7) is 5.88. The first-order chi connectivity index (χ1) is 7.72. The summed E-state index contributed by atoms with van der Waals surface area (Å²) in [6, 6.07) is 3.69. The predicted octanol–water partition coefficient (Wildman–Crippen LogP) is 2.52. The van der Waals surface area contributed by atoms with Gasteiger partial charge >= 0.3 is 0 Å². The first kappa shape index (κ1) is 11.1. The average Bonchev–Trinajstić information content (AvgIpc) is 2.77. The van der Waals surface area contributed by atoms with Crippen molar-refractivity contribution in [1.82, 2.24) is 4.98 Å². The minimum Gasteiger partial charge on any atom is -0.356 e. The van der Waals surface area contributed by atoms with E-state index in [2.05, 4.69) is 16.8 Å². The highest BCUT2D eigenvalue weighted by molar-refractivity contribution is 5.98. The van der Waals surface area contributed by atoms with Crippen molar-refractivity contribution in [2.75, 3.05) is 18.0 Å². The number of carbonyl (C=O) groups excluding carboxylic acids is 1. The van der Waals surface area contributed by atoms with Crippen molar-refractivity contribution in [2.24, 2.45) is 5.92 Å². The maximum atomic E-state index is 11.5. The molecule has 2 heterocycles. The standard InChI is InChI=1S/C13H18N2O/c1-3-11-6-8-15(9-11)13-12(10(2)16)5-4-7-14-13/h4-5,7,11H,3,6,8-9H2,1-2H3. The Labute approximate surface area is 96.5 Å². The molecule has 0 saturated carbocycles. The highest BCUT2D eigenvalue weighted by Gasteiger charge is 2.24. The third kappa shape index (κ3) is 2.08. The van der Waals surface area contributed by atoms with E-state index in [-0.39, 0.29) is 5.78 Å². The quantitative estimate of drug-likeness (QED) is 0.731.